The van der Waals surface area contributed by atoms with E-state index in [-0.39, 0.29) is 18.3 Å². The van der Waals surface area contributed by atoms with Gasteiger partial charge in [-0.05, 0) is 25.7 Å². The number of carboxylic acids is 1. The van der Waals surface area contributed by atoms with Crippen LogP contribution in [0.4, 0.5) is 0 Å². The van der Waals surface area contributed by atoms with Gasteiger partial charge in [0.15, 0.2) is 0 Å². The Morgan fingerprint density at radius 1 is 1.62 bits per heavy atom. The molecule has 0 saturated heterocycles. The normalized spacial score (nSPS) is 15.6. The van der Waals surface area contributed by atoms with Crippen molar-refractivity contribution in [1.82, 2.24) is 0 Å². The number of allylic oxidation sites excluding steroid dienone is 3. The highest BCUT2D eigenvalue weighted by atomic mass is 16.4. The van der Waals surface area contributed by atoms with Crippen LogP contribution in [-0.4, -0.2) is 11.1 Å². The number of aliphatic carboxylic acids is 1. The summed E-state index contributed by atoms with van der Waals surface area (Å²) in [5.41, 5.74) is 1.03. The Balaban J connectivity index is 4.40. The van der Waals surface area contributed by atoms with Gasteiger partial charge in [0.25, 0.3) is 0 Å². The van der Waals surface area contributed by atoms with E-state index in [1.54, 1.807) is 0 Å². The van der Waals surface area contributed by atoms with Crippen LogP contribution in [0.25, 0.3) is 0 Å². The van der Waals surface area contributed by atoms with E-state index < -0.39 is 5.97 Å². The number of hydrogen-bond acceptors (Lipinski definition) is 1. The molecule has 0 amide bonds. The van der Waals surface area contributed by atoms with Crippen LogP contribution in [0.2, 0.25) is 0 Å². The lowest BCUT2D eigenvalue weighted by Gasteiger charge is -2.19. The zero-order valence-electron chi connectivity index (χ0n) is 8.58. The van der Waals surface area contributed by atoms with Gasteiger partial charge in [-0.3, -0.25) is 4.79 Å². The lowest BCUT2D eigenvalue weighted by atomic mass is 9.86. The Labute approximate surface area is 80.0 Å². The first-order chi connectivity index (χ1) is 5.99. The summed E-state index contributed by atoms with van der Waals surface area (Å²) in [6.45, 7) is 9.68. The second kappa shape index (κ2) is 5.57. The molecule has 0 fully saturated rings. The highest BCUT2D eigenvalue weighted by Crippen LogP contribution is 2.23. The molecule has 0 saturated carbocycles. The summed E-state index contributed by atoms with van der Waals surface area (Å²) < 4.78 is 0. The fraction of sp³-hybridized carbons (Fsp3) is 0.545. The van der Waals surface area contributed by atoms with E-state index in [0.29, 0.717) is 0 Å². The minimum absolute atomic E-state index is 0.0694. The van der Waals surface area contributed by atoms with Crippen molar-refractivity contribution in [2.45, 2.75) is 27.2 Å². The van der Waals surface area contributed by atoms with Crippen molar-refractivity contribution in [3.8, 4) is 0 Å². The molecule has 2 heteroatoms. The van der Waals surface area contributed by atoms with E-state index in [4.69, 9.17) is 5.11 Å². The van der Waals surface area contributed by atoms with Crippen molar-refractivity contribution >= 4 is 5.97 Å². The molecule has 0 heterocycles. The summed E-state index contributed by atoms with van der Waals surface area (Å²) in [6.07, 6.45) is 4.01. The first kappa shape index (κ1) is 11.9. The van der Waals surface area contributed by atoms with E-state index in [0.717, 1.165) is 5.57 Å². The molecular weight excluding hydrogens is 164 g/mol. The first-order valence-corrected chi connectivity index (χ1v) is 4.49. The van der Waals surface area contributed by atoms with E-state index in [2.05, 4.69) is 6.58 Å². The molecule has 1 N–H and O–H groups in total. The Morgan fingerprint density at radius 2 is 2.15 bits per heavy atom. The van der Waals surface area contributed by atoms with Crippen LogP contribution in [0.5, 0.6) is 0 Å². The number of rotatable bonds is 5. The van der Waals surface area contributed by atoms with Gasteiger partial charge in [-0.15, -0.1) is 0 Å². The maximum atomic E-state index is 10.5. The van der Waals surface area contributed by atoms with Crippen LogP contribution in [0, 0.1) is 11.8 Å². The lowest BCUT2D eigenvalue weighted by molar-refractivity contribution is -0.138. The second-order valence-electron chi connectivity index (χ2n) is 3.42. The average molecular weight is 182 g/mol. The molecule has 0 aromatic rings. The minimum Gasteiger partial charge on any atom is -0.481 e. The zero-order chi connectivity index (χ0) is 10.4. The Hall–Kier alpha value is -1.05. The van der Waals surface area contributed by atoms with Crippen LogP contribution >= 0.6 is 0 Å². The van der Waals surface area contributed by atoms with E-state index >= 15 is 0 Å². The molecule has 0 bridgehead atoms. The third-order valence-electron chi connectivity index (χ3n) is 2.27. The average Bonchev–Trinajstić information content (AvgIpc) is 2.01. The van der Waals surface area contributed by atoms with Crippen molar-refractivity contribution in [3.63, 3.8) is 0 Å². The standard InChI is InChI=1S/C11H18O2/c1-5-6-10(7-11(12)13)9(4)8(2)3/h5-6,9-10H,2,7H2,1,3-4H3,(H,12,13). The SMILES string of the molecule is C=C(C)C(C)C(C=CC)CC(=O)O. The van der Waals surface area contributed by atoms with Crippen molar-refractivity contribution < 1.29 is 9.90 Å². The summed E-state index contributed by atoms with van der Waals surface area (Å²) in [6, 6.07) is 0. The van der Waals surface area contributed by atoms with Gasteiger partial charge in [0.2, 0.25) is 0 Å². The van der Waals surface area contributed by atoms with Gasteiger partial charge in [0, 0.05) is 0 Å². The van der Waals surface area contributed by atoms with Crippen LogP contribution in [0.1, 0.15) is 27.2 Å². The molecule has 13 heavy (non-hydrogen) atoms. The topological polar surface area (TPSA) is 37.3 Å². The molecule has 2 atom stereocenters. The maximum Gasteiger partial charge on any atom is 0.303 e. The molecule has 2 unspecified atom stereocenters. The molecule has 0 aliphatic rings. The summed E-state index contributed by atoms with van der Waals surface area (Å²) in [5.74, 6) is -0.455. The van der Waals surface area contributed by atoms with Crippen molar-refractivity contribution in [2.24, 2.45) is 11.8 Å². The van der Waals surface area contributed by atoms with Crippen LogP contribution < -0.4 is 0 Å². The van der Waals surface area contributed by atoms with Crippen LogP contribution in [0.3, 0.4) is 0 Å². The van der Waals surface area contributed by atoms with E-state index in [1.165, 1.54) is 0 Å². The molecule has 0 aromatic carbocycles. The minimum atomic E-state index is -0.754. The number of carbonyl (C=O) groups is 1. The molecule has 2 nitrogen and oxygen atoms in total. The summed E-state index contributed by atoms with van der Waals surface area (Å²) in [4.78, 5) is 10.5. The van der Waals surface area contributed by atoms with Crippen molar-refractivity contribution in [2.75, 3.05) is 0 Å². The highest BCUT2D eigenvalue weighted by Gasteiger charge is 2.17. The van der Waals surface area contributed by atoms with Gasteiger partial charge in [-0.25, -0.2) is 0 Å². The monoisotopic (exact) mass is 182 g/mol. The predicted molar refractivity (Wildman–Crippen MR) is 54.5 cm³/mol. The smallest absolute Gasteiger partial charge is 0.303 e. The fourth-order valence-corrected chi connectivity index (χ4v) is 1.23. The van der Waals surface area contributed by atoms with Gasteiger partial charge < -0.3 is 5.11 Å². The molecule has 0 aliphatic carbocycles. The Morgan fingerprint density at radius 3 is 2.46 bits per heavy atom. The third-order valence-corrected chi connectivity index (χ3v) is 2.27. The summed E-state index contributed by atoms with van der Waals surface area (Å²) in [7, 11) is 0. The van der Waals surface area contributed by atoms with Gasteiger partial charge in [-0.2, -0.15) is 0 Å². The van der Waals surface area contributed by atoms with Gasteiger partial charge in [-0.1, -0.05) is 31.2 Å². The molecule has 0 radical (unpaired) electrons. The zero-order valence-corrected chi connectivity index (χ0v) is 8.58. The molecule has 0 aliphatic heterocycles. The van der Waals surface area contributed by atoms with Gasteiger partial charge in [0.05, 0.1) is 6.42 Å². The van der Waals surface area contributed by atoms with Crippen molar-refractivity contribution in [3.05, 3.63) is 24.3 Å². The van der Waals surface area contributed by atoms with E-state index in [9.17, 15) is 4.79 Å². The molecule has 74 valence electrons. The van der Waals surface area contributed by atoms with Crippen LogP contribution in [-0.2, 0) is 4.79 Å². The van der Waals surface area contributed by atoms with Crippen molar-refractivity contribution in [1.29, 1.82) is 0 Å². The maximum absolute atomic E-state index is 10.5. The number of carboxylic acid groups (broad SMARTS) is 1. The van der Waals surface area contributed by atoms with E-state index in [1.807, 2.05) is 32.9 Å². The highest BCUT2D eigenvalue weighted by molar-refractivity contribution is 5.67. The quantitative estimate of drug-likeness (QED) is 0.664. The lowest BCUT2D eigenvalue weighted by Crippen LogP contribution is -2.14. The molecule has 0 spiro atoms. The number of hydrogen-bond donors (Lipinski definition) is 1. The fourth-order valence-electron chi connectivity index (χ4n) is 1.23. The third kappa shape index (κ3) is 4.51. The molecule has 0 aromatic heterocycles. The Bertz CT molecular complexity index is 216. The largest absolute Gasteiger partial charge is 0.481 e. The second-order valence-corrected chi connectivity index (χ2v) is 3.42. The summed E-state index contributed by atoms with van der Waals surface area (Å²) in [5, 5.41) is 8.68. The van der Waals surface area contributed by atoms with Crippen LogP contribution in [0.15, 0.2) is 24.3 Å². The molecular formula is C11H18O2. The predicted octanol–water partition coefficient (Wildman–Crippen LogP) is 2.87. The van der Waals surface area contributed by atoms with Gasteiger partial charge in [0.1, 0.15) is 0 Å². The molecule has 0 rings (SSSR count). The summed E-state index contributed by atoms with van der Waals surface area (Å²) >= 11 is 0. The first-order valence-electron chi connectivity index (χ1n) is 4.49. The Kier molecular flexibility index (Phi) is 5.12. The van der Waals surface area contributed by atoms with Gasteiger partial charge >= 0.3 is 5.97 Å².